The second-order valence-electron chi connectivity index (χ2n) is 30.1. The zero-order chi connectivity index (χ0) is 82.7. The van der Waals surface area contributed by atoms with Crippen LogP contribution in [0, 0.1) is 63.7 Å². The van der Waals surface area contributed by atoms with Gasteiger partial charge in [0.25, 0.3) is 0 Å². The minimum absolute atomic E-state index is 0. The molecular formula is C93H119BrMgN9O11P2S4+. The third-order valence-corrected chi connectivity index (χ3v) is 24.0. The minimum atomic E-state index is -1.13. The Bertz CT molecular complexity index is 4950. The monoisotopic (exact) mass is 1830 g/mol. The summed E-state index contributed by atoms with van der Waals surface area (Å²) in [6.45, 7) is 16.5. The molecule has 3 saturated carbocycles. The van der Waals surface area contributed by atoms with Crippen molar-refractivity contribution < 1.29 is 70.3 Å². The first kappa shape index (κ1) is 102. The standard InChI is InChI=1S/C32H39N3O4S.C31H35N3O4S.C27H31N3O3S.2CH4.CH3.BrH.Mg.H2P2S/c1-23-20-26(16-15-24(23)10-9-19-38-29-14-6-7-18-37-29)39-22-28-30(32(2,3)36)34-31(40-27-12-4-5-13-27)35(28)25-11-8-17-33-21-25;1-22-19-26(15-14-24(22)9-8-18-37-29-13-5-6-17-36-29)38-21-28-30(23(2)35)33-31(39-27-11-3-4-12-27)34(28)25-10-7-16-32-20-25;1-19-16-22(13-12-20(19)8-7-15-31)33-18-24-25(27(2,3)32)29-26(34-23-10-4-5-11-23)30(24)21-9-6-14-28-17-21;;;;;;1-2-3/h8,11,15-17,20-21,27,29,36H,4-7,12-14,18-19,22H2,1-3H3;7,10,14-16,19-20,27,29H,3-6,11-13,17-18,21H2,1-2H3;6,9,12-14,16-17,23,31-32H,4-5,10-11,15,18H2,1-3H3;2*1H4;1H3;1H;;1H2/q;;;;;-1;;+2;/i/hT. The Morgan fingerprint density at radius 3 is 1.17 bits per heavy atom. The summed E-state index contributed by atoms with van der Waals surface area (Å²) in [6.07, 6.45) is 31.3. The second kappa shape index (κ2) is 52.4. The van der Waals surface area contributed by atoms with Crippen molar-refractivity contribution in [3.8, 4) is 69.8 Å². The largest absolute Gasteiger partial charge is 2.00 e. The van der Waals surface area contributed by atoms with Gasteiger partial charge in [0.15, 0.2) is 52.6 Å². The number of Topliss-reactive ketones (excluding diaryl/α,β-unsaturated/α-hetero) is 1. The Morgan fingerprint density at radius 2 is 0.868 bits per heavy atom. The first-order valence-electron chi connectivity index (χ1n) is 40.5. The van der Waals surface area contributed by atoms with Gasteiger partial charge in [-0.3, -0.25) is 33.4 Å². The summed E-state index contributed by atoms with van der Waals surface area (Å²) in [7, 11) is 2.20. The summed E-state index contributed by atoms with van der Waals surface area (Å²) in [5.41, 5.74) is 10.2. The normalized spacial score (nSPS) is 15.9. The molecule has 6 aromatic heterocycles. The van der Waals surface area contributed by atoms with E-state index in [1.807, 2.05) is 129 Å². The van der Waals surface area contributed by atoms with Crippen molar-refractivity contribution in [2.45, 2.75) is 261 Å². The summed E-state index contributed by atoms with van der Waals surface area (Å²) >= 11 is 9.64. The molecule has 4 unspecified atom stereocenters. The maximum Gasteiger partial charge on any atom is 2.00 e. The Hall–Kier alpha value is -6.54. The number of benzene rings is 3. The second-order valence-corrected chi connectivity index (χ2v) is 36.7. The average Bonchev–Trinajstić information content (AvgIpc) is 1.63. The van der Waals surface area contributed by atoms with Crippen LogP contribution in [-0.2, 0) is 61.8 Å². The van der Waals surface area contributed by atoms with Crippen molar-refractivity contribution >= 4 is 91.8 Å². The summed E-state index contributed by atoms with van der Waals surface area (Å²) in [5, 5.41) is 35.1. The number of carbonyl (C=O) groups is 1. The molecule has 0 radical (unpaired) electrons. The molecule has 9 aromatic rings. The number of ether oxygens (including phenoxy) is 7. The van der Waals surface area contributed by atoms with Gasteiger partial charge in [0.1, 0.15) is 73.8 Å². The predicted molar refractivity (Wildman–Crippen MR) is 493 cm³/mol. The van der Waals surface area contributed by atoms with Crippen molar-refractivity contribution in [2.75, 3.05) is 33.0 Å². The Labute approximate surface area is 767 Å². The van der Waals surface area contributed by atoms with Crippen molar-refractivity contribution in [1.82, 2.24) is 43.6 Å². The van der Waals surface area contributed by atoms with E-state index in [1.165, 1.54) is 77.0 Å². The van der Waals surface area contributed by atoms with Crippen LogP contribution in [0.25, 0.3) is 17.1 Å². The van der Waals surface area contributed by atoms with Crippen LogP contribution in [0.3, 0.4) is 0 Å². The molecule has 28 heteroatoms. The number of nitrogens with zero attached hydrogens (tertiary/aromatic N) is 9. The molecule has 2 aliphatic heterocycles. The number of aromatic nitrogens is 9. The molecule has 644 valence electrons. The molecule has 14 rings (SSSR count). The van der Waals surface area contributed by atoms with E-state index < -0.39 is 18.2 Å². The molecule has 121 heavy (non-hydrogen) atoms. The quantitative estimate of drug-likeness (QED) is 0.0159. The number of thioether (sulfide) groups is 3. The Morgan fingerprint density at radius 1 is 0.545 bits per heavy atom. The zero-order valence-corrected chi connectivity index (χ0v) is 78.1. The molecule has 0 spiro atoms. The van der Waals surface area contributed by atoms with E-state index in [0.717, 1.165) is 140 Å². The van der Waals surface area contributed by atoms with Gasteiger partial charge in [0.05, 0.1) is 73.1 Å². The van der Waals surface area contributed by atoms with Crippen LogP contribution in [0.5, 0.6) is 17.2 Å². The van der Waals surface area contributed by atoms with Gasteiger partial charge in [-0.25, -0.2) is 15.0 Å². The van der Waals surface area contributed by atoms with Crippen LogP contribution in [0.1, 0.15) is 237 Å². The number of aliphatic hydroxyl groups is 3. The fourth-order valence-electron chi connectivity index (χ4n) is 14.3. The molecule has 3 N–H and O–H groups in total. The van der Waals surface area contributed by atoms with E-state index >= 15 is 0 Å². The smallest absolute Gasteiger partial charge is 1.00 e. The molecule has 0 bridgehead atoms. The van der Waals surface area contributed by atoms with Gasteiger partial charge in [-0.2, -0.15) is 0 Å². The number of hydrogen-bond acceptors (Lipinski definition) is 21. The minimum Gasteiger partial charge on any atom is -1.00 e. The van der Waals surface area contributed by atoms with Crippen molar-refractivity contribution in [1.29, 1.82) is 1.28 Å². The van der Waals surface area contributed by atoms with E-state index in [9.17, 15) is 15.0 Å². The molecule has 5 aliphatic rings. The fraction of sp³-hybridized carbons (Fsp3) is 0.462. The van der Waals surface area contributed by atoms with Gasteiger partial charge in [-0.1, -0.05) is 124 Å². The summed E-state index contributed by atoms with van der Waals surface area (Å²) in [6, 6.07) is 29.2. The zero-order valence-electron chi connectivity index (χ0n) is 70.8. The topological polar surface area (TPSA) is 234 Å². The third-order valence-electron chi connectivity index (χ3n) is 20.2. The van der Waals surface area contributed by atoms with Crippen LogP contribution in [0.2, 0.25) is 0 Å². The molecule has 8 heterocycles. The summed E-state index contributed by atoms with van der Waals surface area (Å²) < 4.78 is 54.1. The number of imidazole rings is 3. The number of aryl methyl sites for hydroxylation is 3. The number of hydrogen-bond donors (Lipinski definition) is 3. The molecule has 3 aliphatic carbocycles. The number of carbonyl (C=O) groups excluding carboxylic acids is 1. The SMILES string of the molecule is C.C.CC(=O)c1nc(SC2CCCC2)n(-c2cccnc2)c1COc1ccc(C#CCOC2CCCCO2)c(C)c1.Cc1cc(OCc2c(C(C)(C)O)nc(SC3CCCC3)n2-c2cccnc2)ccc1C#CCO.Cc1cc(OCc2c(C(C)(C)O)nc(SC3CCCC3)n2-c2cccnc2)ccc1C#CCOC1CCCCO1.[3H][P+](P)=S.[Br-].[CH3-].[Mg+2]. The van der Waals surface area contributed by atoms with Crippen molar-refractivity contribution in [3.63, 3.8) is 0 Å². The van der Waals surface area contributed by atoms with Gasteiger partial charge >= 0.3 is 24.3 Å². The van der Waals surface area contributed by atoms with Crippen LogP contribution in [0.15, 0.2) is 144 Å². The molecule has 5 fully saturated rings. The van der Waals surface area contributed by atoms with E-state index in [2.05, 4.69) is 80.3 Å². The van der Waals surface area contributed by atoms with Gasteiger partial charge in [0.2, 0.25) is 0 Å². The summed E-state index contributed by atoms with van der Waals surface area (Å²) in [5.74, 6) is 20.3. The first-order valence-corrected chi connectivity index (χ1v) is 46.2. The van der Waals surface area contributed by atoms with E-state index in [4.69, 9.17) is 54.5 Å². The molecule has 2 saturated heterocycles. The number of ketones is 1. The van der Waals surface area contributed by atoms with Crippen LogP contribution in [-0.4, -0.2) is 150 Å². The molecule has 4 atom stereocenters. The van der Waals surface area contributed by atoms with Crippen molar-refractivity contribution in [3.05, 3.63) is 203 Å². The Balaban J connectivity index is 0.000000272. The van der Waals surface area contributed by atoms with E-state index in [-0.39, 0.29) is 107 Å². The third kappa shape index (κ3) is 30.6. The van der Waals surface area contributed by atoms with Crippen molar-refractivity contribution in [2.24, 2.45) is 0 Å². The molecule has 20 nitrogen and oxygen atoms in total. The summed E-state index contributed by atoms with van der Waals surface area (Å²) in [4.78, 5) is 40.3. The molecular weight excluding hydrogens is 1710 g/mol. The maximum atomic E-state index is 12.6. The molecule has 0 amide bonds. The van der Waals surface area contributed by atoms with Crippen LogP contribution in [0.4, 0.5) is 0 Å². The number of halogens is 1. The Kier molecular flexibility index (Phi) is 44.0. The molecule has 3 aromatic carbocycles. The van der Waals surface area contributed by atoms with E-state index in [0.29, 0.717) is 57.5 Å². The van der Waals surface area contributed by atoms with Gasteiger partial charge < -0.3 is 72.9 Å². The van der Waals surface area contributed by atoms with Crippen LogP contribution >= 0.6 is 51.2 Å². The van der Waals surface area contributed by atoms with E-state index in [1.54, 1.807) is 94.7 Å². The number of aliphatic hydroxyl groups excluding tert-OH is 1. The predicted octanol–water partition coefficient (Wildman–Crippen LogP) is 16.6. The van der Waals surface area contributed by atoms with Gasteiger partial charge in [0, 0.05) is 71.2 Å². The van der Waals surface area contributed by atoms with Gasteiger partial charge in [-0.15, -0.1) is 0 Å². The first-order chi connectivity index (χ1) is 56.6. The van der Waals surface area contributed by atoms with Crippen LogP contribution < -0.4 is 31.2 Å². The fourth-order valence-corrected chi connectivity index (χ4v) is 18.3. The number of pyridine rings is 3. The number of rotatable bonds is 25. The maximum absolute atomic E-state index is 12.6. The average molecular weight is 1840 g/mol. The van der Waals surface area contributed by atoms with Gasteiger partial charge in [-0.05, 0) is 233 Å².